The van der Waals surface area contributed by atoms with Gasteiger partial charge in [0.2, 0.25) is 0 Å². The largest absolute Gasteiger partial charge is 0.113 e. The Morgan fingerprint density at radius 2 is 0.760 bits per heavy atom. The molecule has 0 amide bonds. The zero-order valence-electron chi connectivity index (χ0n) is 27.0. The Balaban J connectivity index is 1.54. The van der Waals surface area contributed by atoms with Gasteiger partial charge in [-0.1, -0.05) is 113 Å². The Kier molecular flexibility index (Phi) is 7.02. The van der Waals surface area contributed by atoms with Crippen molar-refractivity contribution in [3.05, 3.63) is 109 Å². The Morgan fingerprint density at radius 3 is 1.34 bits per heavy atom. The maximum Gasteiger partial charge on any atom is 0.113 e. The molecule has 0 heterocycles. The monoisotopic (exact) mass is 610 g/mol. The fraction of sp³-hybridized carbons (Fsp3) is 0. The molecule has 0 unspecified atom stereocenters. The normalized spacial score (nSPS) is 11.8. The van der Waals surface area contributed by atoms with Gasteiger partial charge in [-0.05, 0) is 105 Å². The third kappa shape index (κ3) is 4.30. The zero-order valence-corrected chi connectivity index (χ0v) is 27.0. The van der Waals surface area contributed by atoms with Crippen molar-refractivity contribution in [2.24, 2.45) is 0 Å². The van der Waals surface area contributed by atoms with E-state index in [0.29, 0.717) is 32.7 Å². The van der Waals surface area contributed by atoms with Crippen molar-refractivity contribution >= 4 is 171 Å². The van der Waals surface area contributed by atoms with E-state index in [9.17, 15) is 0 Å². The lowest BCUT2D eigenvalue weighted by atomic mass is 9.59. The van der Waals surface area contributed by atoms with E-state index < -0.39 is 0 Å². The van der Waals surface area contributed by atoms with Crippen molar-refractivity contribution in [3.63, 3.8) is 0 Å². The van der Waals surface area contributed by atoms with Crippen molar-refractivity contribution in [1.29, 1.82) is 0 Å². The van der Waals surface area contributed by atoms with Crippen LogP contribution in [-0.2, 0) is 0 Å². The van der Waals surface area contributed by atoms with Gasteiger partial charge < -0.3 is 0 Å². The van der Waals surface area contributed by atoms with E-state index >= 15 is 0 Å². The SMILES string of the molecule is [B]c1c([B])c([B])c2c(-c3cccc4c3ccc3cc5ccccc5cc34)c3c([B])c([B])c([B])c([B])c3c(-c3ccc4ccccc4c3)c2c1[B]. The highest BCUT2D eigenvalue weighted by molar-refractivity contribution is 6.71. The Hall–Kier alpha value is -4.94. The van der Waals surface area contributed by atoms with E-state index in [1.165, 1.54) is 5.39 Å². The molecule has 0 fully saturated rings. The van der Waals surface area contributed by atoms with Crippen LogP contribution >= 0.6 is 0 Å². The van der Waals surface area contributed by atoms with E-state index in [1.54, 1.807) is 0 Å². The summed E-state index contributed by atoms with van der Waals surface area (Å²) in [5.74, 6) is 0. The second kappa shape index (κ2) is 11.3. The summed E-state index contributed by atoms with van der Waals surface area (Å²) in [6.45, 7) is 0. The van der Waals surface area contributed by atoms with Crippen molar-refractivity contribution in [3.8, 4) is 22.3 Å². The molecule has 9 rings (SSSR count). The van der Waals surface area contributed by atoms with Crippen LogP contribution in [0.3, 0.4) is 0 Å². The summed E-state index contributed by atoms with van der Waals surface area (Å²) in [6, 6.07) is 37.5. The van der Waals surface area contributed by atoms with Gasteiger partial charge in [-0.3, -0.25) is 0 Å². The second-order valence-electron chi connectivity index (χ2n) is 13.0. The van der Waals surface area contributed by atoms with E-state index in [0.717, 1.165) is 48.8 Å². The fourth-order valence-electron chi connectivity index (χ4n) is 7.85. The van der Waals surface area contributed by atoms with E-state index in [1.807, 2.05) is 42.5 Å². The quantitative estimate of drug-likeness (QED) is 0.161. The molecule has 50 heavy (non-hydrogen) atoms. The molecule has 0 aliphatic rings. The highest BCUT2D eigenvalue weighted by atomic mass is 14.3. The number of benzene rings is 9. The van der Waals surface area contributed by atoms with Crippen LogP contribution in [0.25, 0.3) is 86.9 Å². The number of hydrogen-bond acceptors (Lipinski definition) is 0. The molecule has 0 nitrogen and oxygen atoms in total. The summed E-state index contributed by atoms with van der Waals surface area (Å²) in [4.78, 5) is 0. The van der Waals surface area contributed by atoms with Crippen LogP contribution in [0.15, 0.2) is 109 Å². The summed E-state index contributed by atoms with van der Waals surface area (Å²) >= 11 is 0. The summed E-state index contributed by atoms with van der Waals surface area (Å²) in [6.07, 6.45) is 0. The van der Waals surface area contributed by atoms with Crippen LogP contribution in [0, 0.1) is 0 Å². The lowest BCUT2D eigenvalue weighted by Crippen LogP contribution is -2.50. The number of fused-ring (bicyclic) bond motifs is 7. The third-order valence-corrected chi connectivity index (χ3v) is 10.4. The number of hydrogen-bond donors (Lipinski definition) is 0. The van der Waals surface area contributed by atoms with Gasteiger partial charge in [0.15, 0.2) is 0 Å². The first-order valence-corrected chi connectivity index (χ1v) is 16.3. The van der Waals surface area contributed by atoms with Crippen LogP contribution in [0.1, 0.15) is 0 Å². The molecular formula is C42H18B8. The van der Waals surface area contributed by atoms with E-state index in [-0.39, 0.29) is 43.7 Å². The fourth-order valence-corrected chi connectivity index (χ4v) is 7.85. The Bertz CT molecular complexity index is 2880. The molecule has 0 spiro atoms. The molecule has 0 bridgehead atoms. The lowest BCUT2D eigenvalue weighted by molar-refractivity contribution is 1.72. The van der Waals surface area contributed by atoms with Crippen molar-refractivity contribution in [1.82, 2.24) is 0 Å². The number of rotatable bonds is 2. The summed E-state index contributed by atoms with van der Waals surface area (Å²) in [5, 5.41) is 11.1. The van der Waals surface area contributed by atoms with Crippen molar-refractivity contribution in [2.45, 2.75) is 0 Å². The first-order chi connectivity index (χ1) is 24.2. The smallest absolute Gasteiger partial charge is 0.110 e. The molecule has 0 aromatic heterocycles. The molecule has 9 aromatic carbocycles. The standard InChI is InChI=1S/C42H18B8/c43-35-31-29(24-13-12-19-6-1-2-7-20(19)17-24)32-34(38(46)42(50)40(48)36(32)44)30(33(31)37(45)41(49)39(35)47)27-11-5-10-25-26(27)15-14-23-16-21-8-3-4-9-22(21)18-28(23)25/h1-18H. The van der Waals surface area contributed by atoms with Gasteiger partial charge >= 0.3 is 0 Å². The predicted octanol–water partition coefficient (Wildman–Crippen LogP) is 2.29. The molecule has 16 radical (unpaired) electrons. The first kappa shape index (κ1) is 31.1. The molecular weight excluding hydrogens is 591 g/mol. The van der Waals surface area contributed by atoms with Gasteiger partial charge in [0.25, 0.3) is 0 Å². The highest BCUT2D eigenvalue weighted by Gasteiger charge is 2.25. The van der Waals surface area contributed by atoms with E-state index in [2.05, 4.69) is 66.7 Å². The van der Waals surface area contributed by atoms with Gasteiger partial charge in [-0.2, -0.15) is 0 Å². The third-order valence-electron chi connectivity index (χ3n) is 10.4. The minimum atomic E-state index is 0.187. The van der Waals surface area contributed by atoms with Crippen LogP contribution in [0.2, 0.25) is 0 Å². The minimum Gasteiger partial charge on any atom is -0.110 e. The summed E-state index contributed by atoms with van der Waals surface area (Å²) in [7, 11) is 54.5. The highest BCUT2D eigenvalue weighted by Crippen LogP contribution is 2.44. The zero-order chi connectivity index (χ0) is 34.6. The predicted molar refractivity (Wildman–Crippen MR) is 225 cm³/mol. The van der Waals surface area contributed by atoms with Gasteiger partial charge in [0, 0.05) is 0 Å². The maximum atomic E-state index is 7.02. The molecule has 0 N–H and O–H groups in total. The minimum absolute atomic E-state index is 0.187. The summed E-state index contributed by atoms with van der Waals surface area (Å²) < 4.78 is 0. The average Bonchev–Trinajstić information content (AvgIpc) is 3.15. The second-order valence-corrected chi connectivity index (χ2v) is 13.0. The molecule has 210 valence electrons. The molecule has 0 aliphatic heterocycles. The molecule has 0 atom stereocenters. The molecule has 0 saturated carbocycles. The lowest BCUT2D eigenvalue weighted by Gasteiger charge is -2.29. The van der Waals surface area contributed by atoms with Crippen LogP contribution < -0.4 is 43.7 Å². The Labute approximate surface area is 301 Å². The van der Waals surface area contributed by atoms with Crippen molar-refractivity contribution < 1.29 is 0 Å². The van der Waals surface area contributed by atoms with Gasteiger partial charge in [0.1, 0.15) is 62.8 Å². The maximum absolute atomic E-state index is 7.02. The molecule has 9 aromatic rings. The topological polar surface area (TPSA) is 0 Å². The molecule has 0 aliphatic carbocycles. The van der Waals surface area contributed by atoms with Gasteiger partial charge in [-0.25, -0.2) is 0 Å². The van der Waals surface area contributed by atoms with Crippen LogP contribution in [-0.4, -0.2) is 62.8 Å². The molecule has 8 heteroatoms. The van der Waals surface area contributed by atoms with Crippen LogP contribution in [0.5, 0.6) is 0 Å². The van der Waals surface area contributed by atoms with Gasteiger partial charge in [0.05, 0.1) is 0 Å². The van der Waals surface area contributed by atoms with Gasteiger partial charge in [-0.15, -0.1) is 21.9 Å². The van der Waals surface area contributed by atoms with Crippen LogP contribution in [0.4, 0.5) is 0 Å². The van der Waals surface area contributed by atoms with E-state index in [4.69, 9.17) is 62.8 Å². The molecule has 0 saturated heterocycles. The Morgan fingerprint density at radius 1 is 0.280 bits per heavy atom. The summed E-state index contributed by atoms with van der Waals surface area (Å²) in [5.41, 5.74) is 4.93. The first-order valence-electron chi connectivity index (χ1n) is 16.3. The average molecular weight is 609 g/mol. The van der Waals surface area contributed by atoms with Crippen molar-refractivity contribution in [2.75, 3.05) is 0 Å².